The van der Waals surface area contributed by atoms with Gasteiger partial charge in [-0.05, 0) is 43.7 Å². The van der Waals surface area contributed by atoms with Gasteiger partial charge >= 0.3 is 5.97 Å². The Kier molecular flexibility index (Phi) is 6.74. The Morgan fingerprint density at radius 2 is 1.91 bits per heavy atom. The van der Waals surface area contributed by atoms with E-state index < -0.39 is 11.5 Å². The van der Waals surface area contributed by atoms with Crippen LogP contribution in [-0.4, -0.2) is 35.4 Å². The maximum atomic E-state index is 13.4. The van der Waals surface area contributed by atoms with Crippen LogP contribution in [0.4, 0.5) is 5.00 Å². The summed E-state index contributed by atoms with van der Waals surface area (Å²) in [5.74, 6) is -0.286. The number of anilines is 1. The minimum atomic E-state index is -0.639. The molecule has 0 spiro atoms. The summed E-state index contributed by atoms with van der Waals surface area (Å²) in [5, 5.41) is 9.67. The Morgan fingerprint density at radius 1 is 1.15 bits per heavy atom. The number of rotatable bonds is 7. The van der Waals surface area contributed by atoms with E-state index in [0.717, 1.165) is 22.5 Å². The van der Waals surface area contributed by atoms with E-state index in [9.17, 15) is 14.4 Å². The van der Waals surface area contributed by atoms with Crippen molar-refractivity contribution in [2.45, 2.75) is 20.3 Å². The average Bonchev–Trinajstić information content (AvgIpc) is 3.24. The van der Waals surface area contributed by atoms with Gasteiger partial charge in [0.15, 0.2) is 5.69 Å². The number of aryl methyl sites for hydroxylation is 1. The van der Waals surface area contributed by atoms with Crippen LogP contribution >= 0.6 is 11.3 Å². The lowest BCUT2D eigenvalue weighted by atomic mass is 10.1. The van der Waals surface area contributed by atoms with Crippen molar-refractivity contribution in [2.75, 3.05) is 19.0 Å². The summed E-state index contributed by atoms with van der Waals surface area (Å²) >= 11 is 1.16. The van der Waals surface area contributed by atoms with E-state index >= 15 is 0 Å². The zero-order valence-electron chi connectivity index (χ0n) is 19.0. The molecule has 0 fully saturated rings. The first kappa shape index (κ1) is 23.2. The highest BCUT2D eigenvalue weighted by molar-refractivity contribution is 7.16. The molecule has 2 aromatic carbocycles. The highest BCUT2D eigenvalue weighted by Crippen LogP contribution is 2.31. The Bertz CT molecular complexity index is 1420. The number of benzene rings is 2. The van der Waals surface area contributed by atoms with Crippen LogP contribution < -0.4 is 15.6 Å². The van der Waals surface area contributed by atoms with Crippen LogP contribution in [0.2, 0.25) is 0 Å². The van der Waals surface area contributed by atoms with Gasteiger partial charge in [-0.3, -0.25) is 9.59 Å². The molecule has 0 bridgehead atoms. The van der Waals surface area contributed by atoms with Crippen LogP contribution in [0.5, 0.6) is 5.75 Å². The minimum absolute atomic E-state index is 0.0153. The van der Waals surface area contributed by atoms with Crippen LogP contribution in [0, 0.1) is 6.92 Å². The Morgan fingerprint density at radius 3 is 2.62 bits per heavy atom. The molecule has 1 amide bonds. The average molecular weight is 478 g/mol. The summed E-state index contributed by atoms with van der Waals surface area (Å²) < 4.78 is 11.5. The molecule has 0 saturated carbocycles. The molecule has 0 aliphatic heterocycles. The molecule has 2 heterocycles. The number of hydrogen-bond donors (Lipinski definition) is 1. The maximum absolute atomic E-state index is 13.4. The van der Waals surface area contributed by atoms with Crippen molar-refractivity contribution in [1.29, 1.82) is 0 Å². The number of aromatic nitrogens is 2. The summed E-state index contributed by atoms with van der Waals surface area (Å²) in [6.45, 7) is 3.80. The fourth-order valence-corrected chi connectivity index (χ4v) is 4.44. The molecule has 0 atom stereocenters. The number of amides is 1. The first-order valence-corrected chi connectivity index (χ1v) is 11.5. The molecule has 0 saturated heterocycles. The minimum Gasteiger partial charge on any atom is -0.497 e. The zero-order valence-corrected chi connectivity index (χ0v) is 19.8. The van der Waals surface area contributed by atoms with Gasteiger partial charge in [0, 0.05) is 10.8 Å². The molecule has 174 valence electrons. The van der Waals surface area contributed by atoms with E-state index in [4.69, 9.17) is 9.47 Å². The number of carbonyl (C=O) groups excluding carboxylic acids is 2. The largest absolute Gasteiger partial charge is 0.497 e. The van der Waals surface area contributed by atoms with Crippen molar-refractivity contribution >= 4 is 39.0 Å². The van der Waals surface area contributed by atoms with Crippen LogP contribution in [0.15, 0.2) is 58.7 Å². The quantitative estimate of drug-likeness (QED) is 0.402. The molecule has 34 heavy (non-hydrogen) atoms. The van der Waals surface area contributed by atoms with E-state index in [1.54, 1.807) is 49.7 Å². The third-order valence-corrected chi connectivity index (χ3v) is 6.05. The number of nitrogens with zero attached hydrogens (tertiary/aromatic N) is 2. The van der Waals surface area contributed by atoms with Gasteiger partial charge in [0.05, 0.1) is 31.2 Å². The number of nitrogens with one attached hydrogen (secondary N) is 1. The normalized spacial score (nSPS) is 10.8. The second-order valence-corrected chi connectivity index (χ2v) is 8.43. The molecule has 2 aromatic heterocycles. The Labute approximate surface area is 199 Å². The molecule has 0 aliphatic rings. The number of carbonyl (C=O) groups is 2. The van der Waals surface area contributed by atoms with Crippen molar-refractivity contribution in [3.05, 3.63) is 81.1 Å². The van der Waals surface area contributed by atoms with Crippen LogP contribution in [0.3, 0.4) is 0 Å². The fourth-order valence-electron chi connectivity index (χ4n) is 3.49. The van der Waals surface area contributed by atoms with Gasteiger partial charge < -0.3 is 14.8 Å². The van der Waals surface area contributed by atoms with Crippen molar-refractivity contribution in [3.63, 3.8) is 0 Å². The van der Waals surface area contributed by atoms with Crippen LogP contribution in [-0.2, 0) is 16.0 Å². The molecule has 4 aromatic rings. The third-order valence-electron chi connectivity index (χ3n) is 5.15. The predicted molar refractivity (Wildman–Crippen MR) is 131 cm³/mol. The second-order valence-electron chi connectivity index (χ2n) is 7.55. The highest BCUT2D eigenvalue weighted by Gasteiger charge is 2.23. The first-order valence-electron chi connectivity index (χ1n) is 10.6. The van der Waals surface area contributed by atoms with Crippen LogP contribution in [0.1, 0.15) is 28.5 Å². The number of fused-ring (bicyclic) bond motifs is 1. The van der Waals surface area contributed by atoms with E-state index in [1.165, 1.54) is 4.68 Å². The van der Waals surface area contributed by atoms with Crippen LogP contribution in [0.25, 0.3) is 16.5 Å². The standard InChI is InChI=1S/C25H23N3O5S/c1-4-33-25(31)22-19-14-34-23(26-20(29)13-16-6-5-7-18(12-16)32-3)21(19)24(30)28(27-22)17-10-8-15(2)9-11-17/h5-12,14H,4,13H2,1-3H3,(H,26,29). The van der Waals surface area contributed by atoms with Crippen molar-refractivity contribution in [1.82, 2.24) is 9.78 Å². The van der Waals surface area contributed by atoms with Gasteiger partial charge in [-0.1, -0.05) is 29.8 Å². The van der Waals surface area contributed by atoms with E-state index in [2.05, 4.69) is 10.4 Å². The summed E-state index contributed by atoms with van der Waals surface area (Å²) in [7, 11) is 1.56. The van der Waals surface area contributed by atoms with Crippen molar-refractivity contribution in [2.24, 2.45) is 0 Å². The lowest BCUT2D eigenvalue weighted by Gasteiger charge is -2.10. The smallest absolute Gasteiger partial charge is 0.359 e. The SMILES string of the molecule is CCOC(=O)c1nn(-c2ccc(C)cc2)c(=O)c2c(NC(=O)Cc3cccc(OC)c3)scc12. The van der Waals surface area contributed by atoms with Gasteiger partial charge in [-0.25, -0.2) is 4.79 Å². The maximum Gasteiger partial charge on any atom is 0.359 e. The Hall–Kier alpha value is -3.98. The van der Waals surface area contributed by atoms with Gasteiger partial charge in [0.2, 0.25) is 5.91 Å². The third kappa shape index (κ3) is 4.69. The van der Waals surface area contributed by atoms with Crippen molar-refractivity contribution < 1.29 is 19.1 Å². The molecule has 0 radical (unpaired) electrons. The molecule has 0 aliphatic carbocycles. The number of ether oxygens (including phenoxy) is 2. The topological polar surface area (TPSA) is 99.5 Å². The number of esters is 1. The molecular weight excluding hydrogens is 454 g/mol. The molecule has 4 rings (SSSR count). The zero-order chi connectivity index (χ0) is 24.2. The molecular formula is C25H23N3O5S. The second kappa shape index (κ2) is 9.88. The number of thiophene rings is 1. The predicted octanol–water partition coefficient (Wildman–Crippen LogP) is 4.12. The lowest BCUT2D eigenvalue weighted by molar-refractivity contribution is -0.115. The van der Waals surface area contributed by atoms with Gasteiger partial charge in [0.1, 0.15) is 10.8 Å². The summed E-state index contributed by atoms with van der Waals surface area (Å²) in [5.41, 5.74) is 1.86. The van der Waals surface area contributed by atoms with E-state index in [0.29, 0.717) is 21.8 Å². The molecule has 8 nitrogen and oxygen atoms in total. The molecule has 0 unspecified atom stereocenters. The molecule has 1 N–H and O–H groups in total. The number of hydrogen-bond acceptors (Lipinski definition) is 7. The van der Waals surface area contributed by atoms with Gasteiger partial charge in [-0.2, -0.15) is 9.78 Å². The number of methoxy groups -OCH3 is 1. The Balaban J connectivity index is 1.77. The first-order chi connectivity index (χ1) is 16.4. The summed E-state index contributed by atoms with van der Waals surface area (Å²) in [6, 6.07) is 14.4. The summed E-state index contributed by atoms with van der Waals surface area (Å²) in [6.07, 6.45) is 0.0958. The van der Waals surface area contributed by atoms with Crippen molar-refractivity contribution in [3.8, 4) is 11.4 Å². The van der Waals surface area contributed by atoms with E-state index in [-0.39, 0.29) is 30.0 Å². The van der Waals surface area contributed by atoms with E-state index in [1.807, 2.05) is 25.1 Å². The molecule has 9 heteroatoms. The highest BCUT2D eigenvalue weighted by atomic mass is 32.1. The lowest BCUT2D eigenvalue weighted by Crippen LogP contribution is -2.25. The monoisotopic (exact) mass is 477 g/mol. The van der Waals surface area contributed by atoms with Gasteiger partial charge in [-0.15, -0.1) is 11.3 Å². The fraction of sp³-hybridized carbons (Fsp3) is 0.200. The van der Waals surface area contributed by atoms with Gasteiger partial charge in [0.25, 0.3) is 5.56 Å². The summed E-state index contributed by atoms with van der Waals surface area (Å²) in [4.78, 5) is 38.9.